The SMILES string of the molecule is CCCCC/C=C\C/C=C\CCCCCCCC1(O)OCC(O)CO1. The molecule has 1 aliphatic rings. The number of aliphatic hydroxyl groups is 2. The monoisotopic (exact) mass is 354 g/mol. The zero-order valence-electron chi connectivity index (χ0n) is 16.0. The first kappa shape index (κ1) is 22.4. The summed E-state index contributed by atoms with van der Waals surface area (Å²) in [7, 11) is 0. The molecule has 0 atom stereocenters. The topological polar surface area (TPSA) is 58.9 Å². The van der Waals surface area contributed by atoms with Gasteiger partial charge in [0.25, 0.3) is 5.97 Å². The summed E-state index contributed by atoms with van der Waals surface area (Å²) in [6.45, 7) is 2.54. The van der Waals surface area contributed by atoms with Crippen molar-refractivity contribution >= 4 is 0 Å². The molecule has 0 unspecified atom stereocenters. The smallest absolute Gasteiger partial charge is 0.280 e. The minimum atomic E-state index is -1.48. The molecular formula is C21H38O4. The van der Waals surface area contributed by atoms with Gasteiger partial charge in [-0.15, -0.1) is 0 Å². The van der Waals surface area contributed by atoms with Crippen molar-refractivity contribution in [2.45, 2.75) is 96.1 Å². The van der Waals surface area contributed by atoms with Crippen LogP contribution in [0.4, 0.5) is 0 Å². The van der Waals surface area contributed by atoms with E-state index in [4.69, 9.17) is 9.47 Å². The molecule has 0 aromatic heterocycles. The summed E-state index contributed by atoms with van der Waals surface area (Å²) in [5.41, 5.74) is 0. The van der Waals surface area contributed by atoms with Crippen molar-refractivity contribution in [2.24, 2.45) is 0 Å². The van der Waals surface area contributed by atoms with E-state index in [1.165, 1.54) is 44.9 Å². The first-order valence-corrected chi connectivity index (χ1v) is 10.1. The molecule has 1 heterocycles. The van der Waals surface area contributed by atoms with Crippen molar-refractivity contribution in [3.8, 4) is 0 Å². The van der Waals surface area contributed by atoms with Crippen molar-refractivity contribution in [1.82, 2.24) is 0 Å². The lowest BCUT2D eigenvalue weighted by Gasteiger charge is -2.34. The average molecular weight is 355 g/mol. The lowest BCUT2D eigenvalue weighted by Crippen LogP contribution is -2.46. The molecule has 4 nitrogen and oxygen atoms in total. The van der Waals surface area contributed by atoms with Crippen LogP contribution in [0.3, 0.4) is 0 Å². The molecule has 0 spiro atoms. The Bertz CT molecular complexity index is 357. The Morgan fingerprint density at radius 1 is 0.840 bits per heavy atom. The molecule has 1 fully saturated rings. The van der Waals surface area contributed by atoms with Crippen LogP contribution in [0.15, 0.2) is 24.3 Å². The number of rotatable bonds is 14. The molecule has 0 aromatic carbocycles. The molecule has 4 heteroatoms. The molecule has 0 aliphatic carbocycles. The molecular weight excluding hydrogens is 316 g/mol. The molecule has 2 N–H and O–H groups in total. The highest BCUT2D eigenvalue weighted by Gasteiger charge is 2.34. The summed E-state index contributed by atoms with van der Waals surface area (Å²) in [4.78, 5) is 0. The highest BCUT2D eigenvalue weighted by Crippen LogP contribution is 2.23. The van der Waals surface area contributed by atoms with Gasteiger partial charge in [0.1, 0.15) is 6.10 Å². The molecule has 1 aliphatic heterocycles. The number of hydrogen-bond donors (Lipinski definition) is 2. The molecule has 0 amide bonds. The van der Waals surface area contributed by atoms with Gasteiger partial charge in [-0.2, -0.15) is 0 Å². The normalized spacial score (nSPS) is 24.5. The molecule has 0 saturated carbocycles. The van der Waals surface area contributed by atoms with Crippen LogP contribution in [-0.4, -0.2) is 35.5 Å². The molecule has 146 valence electrons. The summed E-state index contributed by atoms with van der Waals surface area (Å²) >= 11 is 0. The fourth-order valence-electron chi connectivity index (χ4n) is 2.85. The molecule has 0 bridgehead atoms. The van der Waals surface area contributed by atoms with E-state index in [1.54, 1.807) is 0 Å². The van der Waals surface area contributed by atoms with Crippen LogP contribution in [0.1, 0.15) is 84.0 Å². The number of hydrogen-bond acceptors (Lipinski definition) is 4. The minimum Gasteiger partial charge on any atom is -0.388 e. The first-order chi connectivity index (χ1) is 12.2. The quantitative estimate of drug-likeness (QED) is 0.346. The minimum absolute atomic E-state index is 0.150. The van der Waals surface area contributed by atoms with E-state index in [0.717, 1.165) is 25.7 Å². The average Bonchev–Trinajstić information content (AvgIpc) is 2.61. The number of allylic oxidation sites excluding steroid dienone is 4. The Balaban J connectivity index is 1.86. The summed E-state index contributed by atoms with van der Waals surface area (Å²) in [5.74, 6) is -1.48. The highest BCUT2D eigenvalue weighted by atomic mass is 16.8. The second-order valence-electron chi connectivity index (χ2n) is 6.97. The largest absolute Gasteiger partial charge is 0.388 e. The number of unbranched alkanes of at least 4 members (excludes halogenated alkanes) is 8. The first-order valence-electron chi connectivity index (χ1n) is 10.1. The van der Waals surface area contributed by atoms with Gasteiger partial charge >= 0.3 is 0 Å². The van der Waals surface area contributed by atoms with Gasteiger partial charge in [-0.1, -0.05) is 63.3 Å². The fraction of sp³-hybridized carbons (Fsp3) is 0.810. The van der Waals surface area contributed by atoms with Gasteiger partial charge < -0.3 is 19.7 Å². The predicted octanol–water partition coefficient (Wildman–Crippen LogP) is 4.85. The third-order valence-electron chi connectivity index (χ3n) is 4.45. The van der Waals surface area contributed by atoms with Crippen molar-refractivity contribution in [3.05, 3.63) is 24.3 Å². The molecule has 0 aromatic rings. The van der Waals surface area contributed by atoms with E-state index < -0.39 is 12.1 Å². The summed E-state index contributed by atoms with van der Waals surface area (Å²) in [6, 6.07) is 0. The van der Waals surface area contributed by atoms with E-state index in [-0.39, 0.29) is 13.2 Å². The Labute approximate surface area is 153 Å². The van der Waals surface area contributed by atoms with Gasteiger partial charge in [0, 0.05) is 6.42 Å². The van der Waals surface area contributed by atoms with Gasteiger partial charge in [-0.3, -0.25) is 0 Å². The van der Waals surface area contributed by atoms with Crippen LogP contribution in [0.5, 0.6) is 0 Å². The fourth-order valence-corrected chi connectivity index (χ4v) is 2.85. The van der Waals surface area contributed by atoms with E-state index in [2.05, 4.69) is 31.2 Å². The molecule has 0 radical (unpaired) electrons. The van der Waals surface area contributed by atoms with E-state index in [1.807, 2.05) is 0 Å². The summed E-state index contributed by atoms with van der Waals surface area (Å²) in [5, 5.41) is 19.3. The maximum absolute atomic E-state index is 10.0. The van der Waals surface area contributed by atoms with Crippen molar-refractivity contribution in [2.75, 3.05) is 13.2 Å². The van der Waals surface area contributed by atoms with Crippen molar-refractivity contribution < 1.29 is 19.7 Å². The van der Waals surface area contributed by atoms with Gasteiger partial charge in [0.05, 0.1) is 13.2 Å². The molecule has 1 saturated heterocycles. The number of ether oxygens (including phenoxy) is 2. The predicted molar refractivity (Wildman–Crippen MR) is 102 cm³/mol. The molecule has 1 rings (SSSR count). The zero-order chi connectivity index (χ0) is 18.2. The third kappa shape index (κ3) is 12.3. The second kappa shape index (κ2) is 14.5. The molecule has 25 heavy (non-hydrogen) atoms. The Morgan fingerprint density at radius 2 is 1.40 bits per heavy atom. The van der Waals surface area contributed by atoms with Crippen LogP contribution >= 0.6 is 0 Å². The third-order valence-corrected chi connectivity index (χ3v) is 4.45. The lowest BCUT2D eigenvalue weighted by molar-refractivity contribution is -0.397. The standard InChI is InChI=1S/C21H38O4/c1-2-3-4-5-6-7-8-9-10-11-12-13-14-15-16-17-21(23)24-18-20(22)19-25-21/h6-7,9-10,20,22-23H,2-5,8,11-19H2,1H3/b7-6-,10-9-. The maximum atomic E-state index is 10.0. The summed E-state index contributed by atoms with van der Waals surface area (Å²) in [6.07, 6.45) is 21.9. The van der Waals surface area contributed by atoms with E-state index in [0.29, 0.717) is 6.42 Å². The van der Waals surface area contributed by atoms with Crippen LogP contribution in [0.2, 0.25) is 0 Å². The van der Waals surface area contributed by atoms with Gasteiger partial charge in [0.15, 0.2) is 0 Å². The second-order valence-corrected chi connectivity index (χ2v) is 6.97. The van der Waals surface area contributed by atoms with Gasteiger partial charge in [-0.25, -0.2) is 0 Å². The van der Waals surface area contributed by atoms with E-state index >= 15 is 0 Å². The Morgan fingerprint density at radius 3 is 2.04 bits per heavy atom. The van der Waals surface area contributed by atoms with Crippen LogP contribution in [-0.2, 0) is 9.47 Å². The Hall–Kier alpha value is -0.680. The van der Waals surface area contributed by atoms with E-state index in [9.17, 15) is 10.2 Å². The van der Waals surface area contributed by atoms with Crippen LogP contribution < -0.4 is 0 Å². The van der Waals surface area contributed by atoms with Gasteiger partial charge in [0.2, 0.25) is 0 Å². The summed E-state index contributed by atoms with van der Waals surface area (Å²) < 4.78 is 10.3. The Kier molecular flexibility index (Phi) is 13.0. The van der Waals surface area contributed by atoms with Crippen LogP contribution in [0, 0.1) is 0 Å². The van der Waals surface area contributed by atoms with Crippen molar-refractivity contribution in [3.63, 3.8) is 0 Å². The lowest BCUT2D eigenvalue weighted by atomic mass is 10.1. The van der Waals surface area contributed by atoms with Crippen LogP contribution in [0.25, 0.3) is 0 Å². The van der Waals surface area contributed by atoms with Gasteiger partial charge in [-0.05, 0) is 38.5 Å². The van der Waals surface area contributed by atoms with Crippen molar-refractivity contribution in [1.29, 1.82) is 0 Å². The number of aliphatic hydroxyl groups excluding tert-OH is 1. The highest BCUT2D eigenvalue weighted by molar-refractivity contribution is 4.92. The zero-order valence-corrected chi connectivity index (χ0v) is 16.0. The maximum Gasteiger partial charge on any atom is 0.280 e.